The van der Waals surface area contributed by atoms with E-state index in [-0.39, 0.29) is 58.3 Å². The van der Waals surface area contributed by atoms with E-state index in [0.717, 1.165) is 11.1 Å². The highest BCUT2D eigenvalue weighted by Crippen LogP contribution is 2.58. The molecule has 0 aliphatic carbocycles. The smallest absolute Gasteiger partial charge is 0.261 e. The van der Waals surface area contributed by atoms with Gasteiger partial charge in [-0.15, -0.1) is 0 Å². The molecule has 0 unspecified atom stereocenters. The van der Waals surface area contributed by atoms with Gasteiger partial charge in [-0.1, -0.05) is 133 Å². The van der Waals surface area contributed by atoms with Crippen LogP contribution in [0.1, 0.15) is 52.6 Å². The molecule has 2 aliphatic rings. The molecule has 0 radical (unpaired) electrons. The maximum atomic E-state index is 15.2. The van der Waals surface area contributed by atoms with Crippen LogP contribution in [0.3, 0.4) is 0 Å². The molecule has 11 aromatic rings. The van der Waals surface area contributed by atoms with Gasteiger partial charge in [-0.25, -0.2) is 0 Å². The molecule has 0 spiro atoms. The lowest BCUT2D eigenvalue weighted by Gasteiger charge is -2.32. The van der Waals surface area contributed by atoms with Gasteiger partial charge in [-0.05, 0) is 83.9 Å². The molecule has 11 aromatic carbocycles. The van der Waals surface area contributed by atoms with Crippen molar-refractivity contribution in [2.75, 3.05) is 0 Å². The number of fused-ring (bicyclic) bond motifs is 2. The minimum absolute atomic E-state index is 0.00780. The van der Waals surface area contributed by atoms with Gasteiger partial charge in [0.1, 0.15) is 46.0 Å². The zero-order chi connectivity index (χ0) is 48.5. The van der Waals surface area contributed by atoms with Crippen LogP contribution in [0.5, 0.6) is 46.0 Å². The summed E-state index contributed by atoms with van der Waals surface area (Å²) in [7, 11) is 0. The molecule has 0 saturated carbocycles. The Balaban J connectivity index is 1.23. The van der Waals surface area contributed by atoms with Crippen molar-refractivity contribution in [3.8, 4) is 46.0 Å². The fourth-order valence-corrected chi connectivity index (χ4v) is 10.2. The largest absolute Gasteiger partial charge is 0.457 e. The molecule has 10 heteroatoms. The maximum Gasteiger partial charge on any atom is 0.261 e. The lowest BCUT2D eigenvalue weighted by Crippen LogP contribution is -2.40. The third-order valence-electron chi connectivity index (χ3n) is 13.3. The van der Waals surface area contributed by atoms with Gasteiger partial charge in [-0.3, -0.25) is 29.0 Å². The van der Waals surface area contributed by atoms with Crippen LogP contribution in [-0.4, -0.2) is 33.4 Å². The number of nitrogens with zero attached hydrogens (tertiary/aromatic N) is 2. The first-order valence-corrected chi connectivity index (χ1v) is 23.5. The third-order valence-corrected chi connectivity index (χ3v) is 13.3. The zero-order valence-corrected chi connectivity index (χ0v) is 38.2. The Hall–Kier alpha value is -9.80. The second kappa shape index (κ2) is 17.0. The average Bonchev–Trinajstić information content (AvgIpc) is 3.42. The van der Waals surface area contributed by atoms with Gasteiger partial charge in [0.2, 0.25) is 0 Å². The molecule has 0 bridgehead atoms. The van der Waals surface area contributed by atoms with E-state index < -0.39 is 23.6 Å². The summed E-state index contributed by atoms with van der Waals surface area (Å²) >= 11 is 0. The van der Waals surface area contributed by atoms with Crippen molar-refractivity contribution in [3.05, 3.63) is 240 Å². The number of ether oxygens (including phenoxy) is 4. The molecule has 0 atom stereocenters. The highest BCUT2D eigenvalue weighted by molar-refractivity contribution is 6.44. The van der Waals surface area contributed by atoms with Crippen molar-refractivity contribution >= 4 is 66.7 Å². The Morgan fingerprint density at radius 1 is 0.264 bits per heavy atom. The fourth-order valence-electron chi connectivity index (χ4n) is 10.2. The van der Waals surface area contributed by atoms with Crippen LogP contribution in [0, 0.1) is 0 Å². The molecule has 0 saturated heterocycles. The Bertz CT molecular complexity index is 3510. The van der Waals surface area contributed by atoms with Gasteiger partial charge >= 0.3 is 0 Å². The first kappa shape index (κ1) is 42.3. The molecule has 0 N–H and O–H groups in total. The van der Waals surface area contributed by atoms with Crippen LogP contribution in [0.15, 0.2) is 206 Å². The molecular weight excluding hydrogens is 901 g/mol. The summed E-state index contributed by atoms with van der Waals surface area (Å²) in [6, 6.07) is 62.3. The Kier molecular flexibility index (Phi) is 9.99. The number of imide groups is 2. The van der Waals surface area contributed by atoms with Gasteiger partial charge in [0.05, 0.1) is 35.3 Å². The minimum atomic E-state index is -0.518. The van der Waals surface area contributed by atoms with Crippen molar-refractivity contribution in [3.63, 3.8) is 0 Å². The third kappa shape index (κ3) is 6.95. The summed E-state index contributed by atoms with van der Waals surface area (Å²) in [4.78, 5) is 63.5. The lowest BCUT2D eigenvalue weighted by atomic mass is 9.80. The van der Waals surface area contributed by atoms with E-state index in [1.54, 1.807) is 24.3 Å². The second-order valence-electron chi connectivity index (χ2n) is 17.7. The van der Waals surface area contributed by atoms with Gasteiger partial charge in [0, 0.05) is 43.1 Å². The number of hydrogen-bond donors (Lipinski definition) is 0. The number of hydrogen-bond acceptors (Lipinski definition) is 8. The molecule has 0 fully saturated rings. The highest BCUT2D eigenvalue weighted by Gasteiger charge is 2.41. The standard InChI is InChI=1S/C62H38N2O8/c65-59-43-31-47(69-39-23-11-3-12-24-39)53-55-49(71-41-27-15-5-16-28-41)33-45-52-46(62(68)64(61(45)67)36-38-21-9-2-10-22-38)34-50(72-42-29-17-6-18-30-42)56(58(52)55)54-48(70-40-25-13-4-14-26-40)32-44(51(43)57(53)54)60(66)63(59)35-37-19-7-1-8-20-37/h1-34H,35-36H2. The first-order chi connectivity index (χ1) is 35.4. The quantitative estimate of drug-likeness (QED) is 0.0676. The molecule has 2 heterocycles. The normalized spacial score (nSPS) is 13.2. The highest BCUT2D eigenvalue weighted by atomic mass is 16.5. The lowest BCUT2D eigenvalue weighted by molar-refractivity contribution is 0.0583. The summed E-state index contributed by atoms with van der Waals surface area (Å²) < 4.78 is 27.9. The van der Waals surface area contributed by atoms with Crippen molar-refractivity contribution in [1.29, 1.82) is 0 Å². The molecule has 13 rings (SSSR count). The molecular formula is C62H38N2O8. The van der Waals surface area contributed by atoms with Crippen LogP contribution >= 0.6 is 0 Å². The number of rotatable bonds is 12. The van der Waals surface area contributed by atoms with E-state index in [9.17, 15) is 0 Å². The van der Waals surface area contributed by atoms with Crippen molar-refractivity contribution in [2.45, 2.75) is 13.1 Å². The van der Waals surface area contributed by atoms with Crippen LogP contribution in [-0.2, 0) is 13.1 Å². The van der Waals surface area contributed by atoms with E-state index in [4.69, 9.17) is 18.9 Å². The summed E-state index contributed by atoms with van der Waals surface area (Å²) in [5.41, 5.74) is 2.43. The van der Waals surface area contributed by atoms with Gasteiger partial charge in [0.15, 0.2) is 0 Å². The fraction of sp³-hybridized carbons (Fsp3) is 0.0323. The van der Waals surface area contributed by atoms with Crippen LogP contribution in [0.2, 0.25) is 0 Å². The van der Waals surface area contributed by atoms with Gasteiger partial charge in [0.25, 0.3) is 23.6 Å². The summed E-state index contributed by atoms with van der Waals surface area (Å²) in [5.74, 6) is 0.808. The number of benzene rings is 11. The summed E-state index contributed by atoms with van der Waals surface area (Å²) in [6.45, 7) is 0.0156. The Labute approximate surface area is 411 Å². The molecule has 10 nitrogen and oxygen atoms in total. The van der Waals surface area contributed by atoms with Crippen molar-refractivity contribution in [2.24, 2.45) is 0 Å². The molecule has 2 aliphatic heterocycles. The Morgan fingerprint density at radius 3 is 0.722 bits per heavy atom. The van der Waals surface area contributed by atoms with Crippen LogP contribution in [0.4, 0.5) is 0 Å². The van der Waals surface area contributed by atoms with E-state index in [1.165, 1.54) is 9.80 Å². The SMILES string of the molecule is O=C1c2cc(Oc3ccccc3)c3c4c(Oc5ccccc5)cc5c6c(cc(Oc7ccccc7)c(c7c(Oc8ccccc8)cc(c2c37)C(=O)N1Cc1ccccc1)c64)C(=O)N(Cc1ccccc1)C5=O. The van der Waals surface area contributed by atoms with Crippen LogP contribution < -0.4 is 18.9 Å². The minimum Gasteiger partial charge on any atom is -0.457 e. The van der Waals surface area contributed by atoms with E-state index in [2.05, 4.69) is 0 Å². The van der Waals surface area contributed by atoms with Gasteiger partial charge < -0.3 is 18.9 Å². The predicted molar refractivity (Wildman–Crippen MR) is 275 cm³/mol. The second-order valence-corrected chi connectivity index (χ2v) is 17.7. The number of para-hydroxylation sites is 4. The number of carbonyl (C=O) groups excluding carboxylic acids is 4. The topological polar surface area (TPSA) is 112 Å². The van der Waals surface area contributed by atoms with Crippen molar-refractivity contribution in [1.82, 2.24) is 9.80 Å². The van der Waals surface area contributed by atoms with Gasteiger partial charge in [-0.2, -0.15) is 0 Å². The molecule has 0 aromatic heterocycles. The van der Waals surface area contributed by atoms with Crippen LogP contribution in [0.25, 0.3) is 43.1 Å². The molecule has 4 amide bonds. The summed E-state index contributed by atoms with van der Waals surface area (Å²) in [6.07, 6.45) is 0. The zero-order valence-electron chi connectivity index (χ0n) is 38.2. The first-order valence-electron chi connectivity index (χ1n) is 23.5. The molecule has 72 heavy (non-hydrogen) atoms. The number of amides is 4. The van der Waals surface area contributed by atoms with E-state index >= 15 is 19.2 Å². The maximum absolute atomic E-state index is 15.2. The van der Waals surface area contributed by atoms with E-state index in [0.29, 0.717) is 66.1 Å². The monoisotopic (exact) mass is 938 g/mol. The molecule has 344 valence electrons. The van der Waals surface area contributed by atoms with Crippen molar-refractivity contribution < 1.29 is 38.1 Å². The predicted octanol–water partition coefficient (Wildman–Crippen LogP) is 14.5. The summed E-state index contributed by atoms with van der Waals surface area (Å²) in [5, 5.41) is 3.44. The number of carbonyl (C=O) groups is 4. The van der Waals surface area contributed by atoms with E-state index in [1.807, 2.05) is 182 Å². The average molecular weight is 939 g/mol. The Morgan fingerprint density at radius 2 is 0.486 bits per heavy atom.